The van der Waals surface area contributed by atoms with E-state index in [9.17, 15) is 0 Å². The van der Waals surface area contributed by atoms with Crippen molar-refractivity contribution in [2.45, 2.75) is 9.96 Å². The number of methoxy groups -OCH3 is 1. The molecule has 3 N–H and O–H groups in total. The maximum Gasteiger partial charge on any atom is 0.122 e. The van der Waals surface area contributed by atoms with Crippen LogP contribution in [0.15, 0.2) is 39.9 Å². The van der Waals surface area contributed by atoms with Gasteiger partial charge in [-0.1, -0.05) is 6.07 Å². The molecule has 2 rings (SSSR count). The van der Waals surface area contributed by atoms with Crippen molar-refractivity contribution >= 4 is 28.9 Å². The number of hydrogen-bond donors (Lipinski definition) is 2. The van der Waals surface area contributed by atoms with Crippen LogP contribution < -0.4 is 10.5 Å². The van der Waals surface area contributed by atoms with Gasteiger partial charge >= 0.3 is 0 Å². The van der Waals surface area contributed by atoms with Crippen LogP contribution in [0.5, 0.6) is 5.75 Å². The molecule has 0 unspecified atom stereocenters. The van der Waals surface area contributed by atoms with Crippen LogP contribution in [0.2, 0.25) is 0 Å². The molecular weight excluding hydrogens is 264 g/mol. The van der Waals surface area contributed by atoms with E-state index in [1.54, 1.807) is 36.3 Å². The fourth-order valence-corrected chi connectivity index (χ4v) is 3.32. The molecule has 0 aliphatic rings. The van der Waals surface area contributed by atoms with Crippen LogP contribution in [-0.4, -0.2) is 12.9 Å². The normalized spacial score (nSPS) is 10.3. The van der Waals surface area contributed by atoms with Crippen molar-refractivity contribution in [1.82, 2.24) is 0 Å². The Bertz CT molecular complexity index is 538. The second-order valence-electron chi connectivity index (χ2n) is 3.66. The molecule has 5 heteroatoms. The predicted octanol–water partition coefficient (Wildman–Crippen LogP) is 3.33. The molecule has 2 aromatic rings. The second kappa shape index (κ2) is 5.93. The smallest absolute Gasteiger partial charge is 0.122 e. The molecule has 0 fully saturated rings. The fraction of sp³-hybridized carbons (Fsp3) is 0.154. The summed E-state index contributed by atoms with van der Waals surface area (Å²) in [5, 5.41) is 9.52. The Morgan fingerprint density at radius 3 is 2.89 bits per heavy atom. The lowest BCUT2D eigenvalue weighted by Gasteiger charge is -2.09. The summed E-state index contributed by atoms with van der Waals surface area (Å²) >= 11 is 3.48. The van der Waals surface area contributed by atoms with Gasteiger partial charge in [-0.2, -0.15) is 0 Å². The molecule has 1 aromatic heterocycles. The minimum atomic E-state index is 0.0834. The topological polar surface area (TPSA) is 59.1 Å². The highest BCUT2D eigenvalue weighted by molar-refractivity contribution is 8.00. The molecule has 0 radical (unpaired) electrons. The van der Waals surface area contributed by atoms with E-state index in [2.05, 4.69) is 11.4 Å². The Kier molecular flexibility index (Phi) is 4.28. The number of thiophene rings is 1. The molecule has 0 saturated carbocycles. The number of ether oxygens (including phenoxy) is 1. The van der Waals surface area contributed by atoms with E-state index < -0.39 is 0 Å². The van der Waals surface area contributed by atoms with E-state index in [1.807, 2.05) is 18.2 Å². The van der Waals surface area contributed by atoms with Crippen LogP contribution in [-0.2, 0) is 5.75 Å². The van der Waals surface area contributed by atoms with E-state index >= 15 is 0 Å². The van der Waals surface area contributed by atoms with E-state index in [-0.39, 0.29) is 5.84 Å². The van der Waals surface area contributed by atoms with Crippen molar-refractivity contribution in [3.05, 3.63) is 46.8 Å². The van der Waals surface area contributed by atoms with E-state index in [0.717, 1.165) is 22.6 Å². The van der Waals surface area contributed by atoms with Crippen molar-refractivity contribution in [3.8, 4) is 5.75 Å². The molecule has 0 atom stereocenters. The van der Waals surface area contributed by atoms with Crippen molar-refractivity contribution in [3.63, 3.8) is 0 Å². The first-order valence-corrected chi connectivity index (χ1v) is 7.25. The summed E-state index contributed by atoms with van der Waals surface area (Å²) in [5.74, 6) is 1.73. The van der Waals surface area contributed by atoms with Gasteiger partial charge in [0.15, 0.2) is 0 Å². The molecule has 0 amide bonds. The van der Waals surface area contributed by atoms with Gasteiger partial charge in [-0.15, -0.1) is 23.1 Å². The van der Waals surface area contributed by atoms with Crippen molar-refractivity contribution in [2.75, 3.05) is 7.11 Å². The number of amidine groups is 1. The molecule has 0 bridgehead atoms. The highest BCUT2D eigenvalue weighted by Crippen LogP contribution is 2.31. The Labute approximate surface area is 114 Å². The van der Waals surface area contributed by atoms with Gasteiger partial charge in [0.1, 0.15) is 11.6 Å². The van der Waals surface area contributed by atoms with Gasteiger partial charge in [0.25, 0.3) is 0 Å². The van der Waals surface area contributed by atoms with Crippen LogP contribution in [0.3, 0.4) is 0 Å². The van der Waals surface area contributed by atoms with E-state index in [1.165, 1.54) is 4.21 Å². The molecule has 18 heavy (non-hydrogen) atoms. The van der Waals surface area contributed by atoms with Gasteiger partial charge in [0, 0.05) is 16.9 Å². The fourth-order valence-electron chi connectivity index (χ4n) is 1.55. The van der Waals surface area contributed by atoms with Crippen LogP contribution in [0.4, 0.5) is 0 Å². The molecule has 1 aromatic carbocycles. The quantitative estimate of drug-likeness (QED) is 0.501. The Balaban J connectivity index is 2.18. The third kappa shape index (κ3) is 3.05. The van der Waals surface area contributed by atoms with Gasteiger partial charge in [-0.05, 0) is 29.6 Å². The summed E-state index contributed by atoms with van der Waals surface area (Å²) < 4.78 is 6.60. The van der Waals surface area contributed by atoms with Crippen molar-refractivity contribution < 1.29 is 4.74 Å². The maximum absolute atomic E-state index is 7.46. The summed E-state index contributed by atoms with van der Waals surface area (Å²) in [5.41, 5.74) is 7.30. The molecule has 94 valence electrons. The number of rotatable bonds is 5. The number of thioether (sulfide) groups is 1. The maximum atomic E-state index is 7.46. The van der Waals surface area contributed by atoms with Crippen LogP contribution in [0.25, 0.3) is 0 Å². The molecule has 0 spiro atoms. The average Bonchev–Trinajstić information content (AvgIpc) is 2.89. The Hall–Kier alpha value is -1.46. The van der Waals surface area contributed by atoms with Crippen molar-refractivity contribution in [1.29, 1.82) is 5.41 Å². The van der Waals surface area contributed by atoms with Crippen LogP contribution >= 0.6 is 23.1 Å². The standard InChI is InChI=1S/C13H14N2OS2/c1-16-11-5-4-9(13(14)15)7-10(11)8-18-12-3-2-6-17-12/h2-7H,8H2,1H3,(H3,14,15). The number of hydrogen-bond acceptors (Lipinski definition) is 4. The summed E-state index contributed by atoms with van der Waals surface area (Å²) in [4.78, 5) is 0. The van der Waals surface area contributed by atoms with E-state index in [0.29, 0.717) is 0 Å². The average molecular weight is 278 g/mol. The third-order valence-electron chi connectivity index (χ3n) is 2.46. The first kappa shape index (κ1) is 13.0. The van der Waals surface area contributed by atoms with Gasteiger partial charge < -0.3 is 10.5 Å². The molecule has 0 aliphatic carbocycles. The summed E-state index contributed by atoms with van der Waals surface area (Å²) in [7, 11) is 1.65. The summed E-state index contributed by atoms with van der Waals surface area (Å²) in [6, 6.07) is 9.72. The number of benzene rings is 1. The molecule has 1 heterocycles. The largest absolute Gasteiger partial charge is 0.496 e. The molecular formula is C13H14N2OS2. The Morgan fingerprint density at radius 2 is 2.28 bits per heavy atom. The molecule has 0 aliphatic heterocycles. The van der Waals surface area contributed by atoms with Gasteiger partial charge in [-0.25, -0.2) is 0 Å². The zero-order valence-electron chi connectivity index (χ0n) is 9.97. The van der Waals surface area contributed by atoms with Crippen LogP contribution in [0, 0.1) is 5.41 Å². The van der Waals surface area contributed by atoms with Gasteiger partial charge in [0.05, 0.1) is 11.3 Å². The lowest BCUT2D eigenvalue weighted by atomic mass is 10.1. The molecule has 3 nitrogen and oxygen atoms in total. The highest BCUT2D eigenvalue weighted by Gasteiger charge is 2.07. The Morgan fingerprint density at radius 1 is 1.44 bits per heavy atom. The number of nitrogen functional groups attached to an aromatic ring is 1. The van der Waals surface area contributed by atoms with Crippen molar-refractivity contribution in [2.24, 2.45) is 5.73 Å². The lowest BCUT2D eigenvalue weighted by Crippen LogP contribution is -2.11. The molecule has 0 saturated heterocycles. The lowest BCUT2D eigenvalue weighted by molar-refractivity contribution is 0.411. The number of nitrogens with two attached hydrogens (primary N) is 1. The van der Waals surface area contributed by atoms with E-state index in [4.69, 9.17) is 15.9 Å². The summed E-state index contributed by atoms with van der Waals surface area (Å²) in [6.07, 6.45) is 0. The zero-order chi connectivity index (χ0) is 13.0. The van der Waals surface area contributed by atoms with Gasteiger partial charge in [-0.3, -0.25) is 5.41 Å². The second-order valence-corrected chi connectivity index (χ2v) is 5.88. The SMILES string of the molecule is COc1ccc(C(=N)N)cc1CSc1cccs1. The van der Waals surface area contributed by atoms with Gasteiger partial charge in [0.2, 0.25) is 0 Å². The monoisotopic (exact) mass is 278 g/mol. The van der Waals surface area contributed by atoms with Crippen LogP contribution in [0.1, 0.15) is 11.1 Å². The first-order valence-electron chi connectivity index (χ1n) is 5.38. The minimum Gasteiger partial charge on any atom is -0.496 e. The highest BCUT2D eigenvalue weighted by atomic mass is 32.2. The minimum absolute atomic E-state index is 0.0834. The third-order valence-corrected chi connectivity index (χ3v) is 4.64. The summed E-state index contributed by atoms with van der Waals surface area (Å²) in [6.45, 7) is 0. The predicted molar refractivity (Wildman–Crippen MR) is 77.9 cm³/mol. The first-order chi connectivity index (χ1) is 8.70. The number of nitrogens with one attached hydrogen (secondary N) is 1. The zero-order valence-corrected chi connectivity index (χ0v) is 11.6.